The van der Waals surface area contributed by atoms with E-state index in [1.807, 2.05) is 12.1 Å². The van der Waals surface area contributed by atoms with Gasteiger partial charge in [0.25, 0.3) is 0 Å². The second kappa shape index (κ2) is 5.42. The van der Waals surface area contributed by atoms with Gasteiger partial charge in [-0.05, 0) is 30.4 Å². The molecule has 0 unspecified atom stereocenters. The summed E-state index contributed by atoms with van der Waals surface area (Å²) in [7, 11) is 0. The Balaban J connectivity index is 1.77. The molecule has 0 saturated heterocycles. The van der Waals surface area contributed by atoms with Crippen molar-refractivity contribution in [2.75, 3.05) is 0 Å². The summed E-state index contributed by atoms with van der Waals surface area (Å²) < 4.78 is 4.89. The van der Waals surface area contributed by atoms with Crippen molar-refractivity contribution in [3.8, 4) is 0 Å². The molecule has 3 rings (SSSR count). The molecule has 0 aliphatic heterocycles. The predicted molar refractivity (Wildman–Crippen MR) is 71.8 cm³/mol. The maximum atomic E-state index is 12.1. The highest BCUT2D eigenvalue weighted by Gasteiger charge is 2.24. The zero-order valence-corrected chi connectivity index (χ0v) is 11.0. The average molecular weight is 272 g/mol. The molecule has 1 aliphatic carbocycles. The van der Waals surface area contributed by atoms with E-state index in [4.69, 9.17) is 10.3 Å². The fraction of sp³-hybridized carbons (Fsp3) is 0.357. The van der Waals surface area contributed by atoms with E-state index < -0.39 is 0 Å². The van der Waals surface area contributed by atoms with Crippen molar-refractivity contribution in [2.45, 2.75) is 31.8 Å². The number of nitrogens with one attached hydrogen (secondary N) is 1. The highest BCUT2D eigenvalue weighted by atomic mass is 16.5. The van der Waals surface area contributed by atoms with Crippen LogP contribution in [-0.4, -0.2) is 16.0 Å². The summed E-state index contributed by atoms with van der Waals surface area (Å²) in [6.45, 7) is 0.156. The van der Waals surface area contributed by atoms with Gasteiger partial charge in [-0.15, -0.1) is 0 Å². The van der Waals surface area contributed by atoms with E-state index in [-0.39, 0.29) is 24.4 Å². The molecular weight excluding hydrogens is 256 g/mol. The van der Waals surface area contributed by atoms with Crippen molar-refractivity contribution < 1.29 is 9.32 Å². The van der Waals surface area contributed by atoms with E-state index in [1.165, 1.54) is 11.1 Å². The van der Waals surface area contributed by atoms with Gasteiger partial charge in [0.05, 0.1) is 12.6 Å². The number of carbonyl (C=O) groups is 1. The number of rotatable bonds is 3. The van der Waals surface area contributed by atoms with Crippen LogP contribution in [0.4, 0.5) is 0 Å². The number of hydrogen-bond donors (Lipinski definition) is 2. The number of aryl methyl sites for hydroxylation is 1. The molecule has 1 aromatic heterocycles. The van der Waals surface area contributed by atoms with Crippen LogP contribution in [0.2, 0.25) is 0 Å². The van der Waals surface area contributed by atoms with Gasteiger partial charge in [-0.1, -0.05) is 29.4 Å². The summed E-state index contributed by atoms with van der Waals surface area (Å²) in [6.07, 6.45) is 3.03. The Morgan fingerprint density at radius 2 is 2.30 bits per heavy atom. The summed E-state index contributed by atoms with van der Waals surface area (Å²) in [5, 5.41) is 6.57. The second-order valence-corrected chi connectivity index (χ2v) is 4.84. The number of nitrogens with zero attached hydrogens (tertiary/aromatic N) is 2. The predicted octanol–water partition coefficient (Wildman–Crippen LogP) is 1.34. The molecule has 3 N–H and O–H groups in total. The molecule has 104 valence electrons. The van der Waals surface area contributed by atoms with Gasteiger partial charge in [0.2, 0.25) is 0 Å². The Morgan fingerprint density at radius 3 is 3.10 bits per heavy atom. The minimum atomic E-state index is -0.348. The Hall–Kier alpha value is -2.21. The lowest BCUT2D eigenvalue weighted by Gasteiger charge is -2.25. The van der Waals surface area contributed by atoms with Crippen molar-refractivity contribution in [2.24, 2.45) is 5.73 Å². The molecule has 0 spiro atoms. The molecule has 0 fully saturated rings. The van der Waals surface area contributed by atoms with Crippen LogP contribution in [0.1, 0.15) is 46.5 Å². The largest absolute Gasteiger partial charge is 0.341 e. The van der Waals surface area contributed by atoms with Crippen LogP contribution in [0.25, 0.3) is 0 Å². The zero-order chi connectivity index (χ0) is 13.9. The molecule has 2 aromatic rings. The Morgan fingerprint density at radius 1 is 1.45 bits per heavy atom. The first-order chi connectivity index (χ1) is 9.78. The third-order valence-electron chi connectivity index (χ3n) is 3.52. The molecule has 1 heterocycles. The van der Waals surface area contributed by atoms with Crippen LogP contribution in [0.5, 0.6) is 0 Å². The number of benzene rings is 1. The van der Waals surface area contributed by atoms with Gasteiger partial charge in [-0.3, -0.25) is 4.79 Å². The van der Waals surface area contributed by atoms with Crippen LogP contribution in [-0.2, 0) is 13.0 Å². The number of aromatic nitrogens is 2. The maximum Gasteiger partial charge on any atom is 0.316 e. The molecule has 0 radical (unpaired) electrons. The van der Waals surface area contributed by atoms with Gasteiger partial charge in [0, 0.05) is 0 Å². The monoisotopic (exact) mass is 272 g/mol. The Bertz CT molecular complexity index is 623. The third-order valence-corrected chi connectivity index (χ3v) is 3.52. The molecule has 1 aliphatic rings. The topological polar surface area (TPSA) is 94.0 Å². The minimum absolute atomic E-state index is 0.000626. The van der Waals surface area contributed by atoms with Gasteiger partial charge < -0.3 is 15.6 Å². The van der Waals surface area contributed by atoms with Crippen molar-refractivity contribution in [1.82, 2.24) is 15.5 Å². The van der Waals surface area contributed by atoms with Gasteiger partial charge in [0.1, 0.15) is 0 Å². The lowest BCUT2D eigenvalue weighted by molar-refractivity contribution is 0.0888. The first-order valence-corrected chi connectivity index (χ1v) is 6.69. The third kappa shape index (κ3) is 2.42. The Labute approximate surface area is 116 Å². The van der Waals surface area contributed by atoms with Crippen LogP contribution in [0, 0.1) is 0 Å². The van der Waals surface area contributed by atoms with Crippen molar-refractivity contribution in [1.29, 1.82) is 0 Å². The maximum absolute atomic E-state index is 12.1. The standard InChI is InChI=1S/C14H16N4O2/c15-8-12-17-14(20-18-12)13(19)16-11-7-3-5-9-4-1-2-6-10(9)11/h1-2,4,6,11H,3,5,7-8,15H2,(H,16,19)/t11-/m0/s1. The molecular formula is C14H16N4O2. The van der Waals surface area contributed by atoms with E-state index in [2.05, 4.69) is 27.6 Å². The number of amides is 1. The summed E-state index contributed by atoms with van der Waals surface area (Å²) in [5.41, 5.74) is 7.86. The first kappa shape index (κ1) is 12.8. The highest BCUT2D eigenvalue weighted by Crippen LogP contribution is 2.29. The van der Waals surface area contributed by atoms with Crippen LogP contribution in [0.3, 0.4) is 0 Å². The van der Waals surface area contributed by atoms with E-state index in [0.29, 0.717) is 5.82 Å². The molecule has 6 nitrogen and oxygen atoms in total. The van der Waals surface area contributed by atoms with E-state index in [9.17, 15) is 4.79 Å². The molecule has 1 aromatic carbocycles. The van der Waals surface area contributed by atoms with Gasteiger partial charge in [-0.2, -0.15) is 4.98 Å². The van der Waals surface area contributed by atoms with Crippen LogP contribution < -0.4 is 11.1 Å². The van der Waals surface area contributed by atoms with E-state index >= 15 is 0 Å². The smallest absolute Gasteiger partial charge is 0.316 e. The molecule has 20 heavy (non-hydrogen) atoms. The molecule has 6 heteroatoms. The molecule has 0 saturated carbocycles. The zero-order valence-electron chi connectivity index (χ0n) is 11.0. The number of hydrogen-bond acceptors (Lipinski definition) is 5. The van der Waals surface area contributed by atoms with E-state index in [1.54, 1.807) is 0 Å². The molecule has 0 bridgehead atoms. The van der Waals surface area contributed by atoms with Crippen LogP contribution in [0.15, 0.2) is 28.8 Å². The van der Waals surface area contributed by atoms with Crippen molar-refractivity contribution in [3.05, 3.63) is 47.1 Å². The SMILES string of the molecule is NCc1noc(C(=O)N[C@H]2CCCc3ccccc32)n1. The second-order valence-electron chi connectivity index (χ2n) is 4.84. The Kier molecular flexibility index (Phi) is 3.47. The lowest BCUT2D eigenvalue weighted by Crippen LogP contribution is -2.31. The highest BCUT2D eigenvalue weighted by molar-refractivity contribution is 5.89. The van der Waals surface area contributed by atoms with Gasteiger partial charge in [-0.25, -0.2) is 0 Å². The molecule has 1 atom stereocenters. The fourth-order valence-corrected chi connectivity index (χ4v) is 2.55. The normalized spacial score (nSPS) is 17.6. The number of nitrogens with two attached hydrogens (primary N) is 1. The fourth-order valence-electron chi connectivity index (χ4n) is 2.55. The summed E-state index contributed by atoms with van der Waals surface area (Å²) in [6, 6.07) is 8.17. The number of carbonyl (C=O) groups excluding carboxylic acids is 1. The minimum Gasteiger partial charge on any atom is -0.341 e. The van der Waals surface area contributed by atoms with E-state index in [0.717, 1.165) is 19.3 Å². The van der Waals surface area contributed by atoms with Crippen LogP contribution >= 0.6 is 0 Å². The van der Waals surface area contributed by atoms with Gasteiger partial charge in [0.15, 0.2) is 5.82 Å². The van der Waals surface area contributed by atoms with Gasteiger partial charge >= 0.3 is 11.8 Å². The first-order valence-electron chi connectivity index (χ1n) is 6.69. The number of fused-ring (bicyclic) bond motifs is 1. The molecule has 1 amide bonds. The summed E-state index contributed by atoms with van der Waals surface area (Å²) in [4.78, 5) is 16.0. The lowest BCUT2D eigenvalue weighted by atomic mass is 9.88. The van der Waals surface area contributed by atoms with Crippen molar-refractivity contribution >= 4 is 5.91 Å². The van der Waals surface area contributed by atoms with Crippen molar-refractivity contribution in [3.63, 3.8) is 0 Å². The average Bonchev–Trinajstić information content (AvgIpc) is 2.97. The summed E-state index contributed by atoms with van der Waals surface area (Å²) >= 11 is 0. The quantitative estimate of drug-likeness (QED) is 0.879. The summed E-state index contributed by atoms with van der Waals surface area (Å²) in [5.74, 6) is -0.0494.